The average molecular weight is 344 g/mol. The van der Waals surface area contributed by atoms with E-state index in [4.69, 9.17) is 4.74 Å². The topological polar surface area (TPSA) is 76.1 Å². The van der Waals surface area contributed by atoms with Gasteiger partial charge in [0.05, 0.1) is 6.61 Å². The van der Waals surface area contributed by atoms with Crippen molar-refractivity contribution in [2.24, 2.45) is 5.92 Å². The minimum Gasteiger partial charge on any atom is -0.381 e. The van der Waals surface area contributed by atoms with Gasteiger partial charge >= 0.3 is 6.03 Å². The Bertz CT molecular complexity index is 690. The van der Waals surface area contributed by atoms with E-state index in [9.17, 15) is 4.79 Å². The van der Waals surface area contributed by atoms with Crippen LogP contribution in [0.25, 0.3) is 0 Å². The summed E-state index contributed by atoms with van der Waals surface area (Å²) in [6, 6.07) is 7.48. The van der Waals surface area contributed by atoms with Crippen molar-refractivity contribution in [2.45, 2.75) is 23.4 Å². The summed E-state index contributed by atoms with van der Waals surface area (Å²) in [5.41, 5.74) is 1.80. The van der Waals surface area contributed by atoms with E-state index in [1.54, 1.807) is 18.5 Å². The number of urea groups is 1. The van der Waals surface area contributed by atoms with Crippen molar-refractivity contribution in [1.82, 2.24) is 15.3 Å². The van der Waals surface area contributed by atoms with Gasteiger partial charge in [-0.3, -0.25) is 0 Å². The number of carbonyl (C=O) groups excluding carboxylic acids is 1. The van der Waals surface area contributed by atoms with Crippen LogP contribution >= 0.6 is 11.8 Å². The lowest BCUT2D eigenvalue weighted by molar-refractivity contribution is 0.185. The standard InChI is InChI=1S/C17H20N4O2S/c1-12-9-14(24-17-18-6-2-7-19-17)3-4-15(12)21-16(22)20-10-13-5-8-23-11-13/h2-4,6-7,9,13H,5,8,10-11H2,1H3,(H2,20,21,22)/t13-/m1/s1. The number of rotatable bonds is 5. The lowest BCUT2D eigenvalue weighted by atomic mass is 10.1. The number of benzene rings is 1. The molecule has 0 spiro atoms. The van der Waals surface area contributed by atoms with Gasteiger partial charge in [-0.05, 0) is 54.9 Å². The molecule has 0 bridgehead atoms. The Labute approximate surface area is 145 Å². The lowest BCUT2D eigenvalue weighted by Gasteiger charge is -2.13. The molecule has 2 N–H and O–H groups in total. The molecule has 3 rings (SSSR count). The van der Waals surface area contributed by atoms with Crippen LogP contribution in [0.2, 0.25) is 0 Å². The quantitative estimate of drug-likeness (QED) is 0.815. The Balaban J connectivity index is 1.55. The third kappa shape index (κ3) is 4.69. The molecule has 0 saturated carbocycles. The molecule has 1 saturated heterocycles. The highest BCUT2D eigenvalue weighted by Crippen LogP contribution is 2.27. The van der Waals surface area contributed by atoms with Crippen LogP contribution < -0.4 is 10.6 Å². The van der Waals surface area contributed by atoms with Gasteiger partial charge in [0.25, 0.3) is 0 Å². The molecular weight excluding hydrogens is 324 g/mol. The molecular formula is C17H20N4O2S. The van der Waals surface area contributed by atoms with Crippen molar-refractivity contribution in [2.75, 3.05) is 25.1 Å². The summed E-state index contributed by atoms with van der Waals surface area (Å²) in [6.45, 7) is 4.13. The molecule has 126 valence electrons. The fraction of sp³-hybridized carbons (Fsp3) is 0.353. The van der Waals surface area contributed by atoms with Gasteiger partial charge in [0.1, 0.15) is 0 Å². The Morgan fingerprint density at radius 1 is 1.38 bits per heavy atom. The van der Waals surface area contributed by atoms with E-state index in [0.29, 0.717) is 17.6 Å². The van der Waals surface area contributed by atoms with Gasteiger partial charge in [0, 0.05) is 42.0 Å². The summed E-state index contributed by atoms with van der Waals surface area (Å²) < 4.78 is 5.30. The molecule has 0 aliphatic carbocycles. The maximum Gasteiger partial charge on any atom is 0.319 e. The molecule has 6 nitrogen and oxygen atoms in total. The van der Waals surface area contributed by atoms with Crippen molar-refractivity contribution < 1.29 is 9.53 Å². The first kappa shape index (κ1) is 16.7. The van der Waals surface area contributed by atoms with E-state index in [1.807, 2.05) is 25.1 Å². The largest absolute Gasteiger partial charge is 0.381 e. The number of amides is 2. The molecule has 1 aliphatic heterocycles. The Hall–Kier alpha value is -2.12. The number of carbonyl (C=O) groups is 1. The van der Waals surface area contributed by atoms with Crippen LogP contribution in [0.4, 0.5) is 10.5 Å². The van der Waals surface area contributed by atoms with Crippen molar-refractivity contribution in [3.8, 4) is 0 Å². The highest BCUT2D eigenvalue weighted by Gasteiger charge is 2.16. The monoisotopic (exact) mass is 344 g/mol. The summed E-state index contributed by atoms with van der Waals surface area (Å²) in [5.74, 6) is 0.418. The average Bonchev–Trinajstić information content (AvgIpc) is 3.10. The maximum atomic E-state index is 12.0. The predicted octanol–water partition coefficient (Wildman–Crippen LogP) is 3.09. The minimum atomic E-state index is -0.184. The van der Waals surface area contributed by atoms with Gasteiger partial charge in [0.2, 0.25) is 0 Å². The predicted molar refractivity (Wildman–Crippen MR) is 93.3 cm³/mol. The number of nitrogens with zero attached hydrogens (tertiary/aromatic N) is 2. The third-order valence-corrected chi connectivity index (χ3v) is 4.66. The van der Waals surface area contributed by atoms with Crippen LogP contribution in [-0.4, -0.2) is 35.8 Å². The van der Waals surface area contributed by atoms with E-state index in [0.717, 1.165) is 35.8 Å². The number of nitrogens with one attached hydrogen (secondary N) is 2. The third-order valence-electron chi connectivity index (χ3n) is 3.77. The Morgan fingerprint density at radius 3 is 2.92 bits per heavy atom. The Kier molecular flexibility index (Phi) is 5.66. The van der Waals surface area contributed by atoms with Crippen molar-refractivity contribution in [3.63, 3.8) is 0 Å². The molecule has 2 amide bonds. The first-order valence-corrected chi connectivity index (χ1v) is 8.70. The first-order chi connectivity index (χ1) is 11.7. The fourth-order valence-electron chi connectivity index (χ4n) is 2.43. The number of hydrogen-bond acceptors (Lipinski definition) is 5. The van der Waals surface area contributed by atoms with Crippen molar-refractivity contribution in [1.29, 1.82) is 0 Å². The smallest absolute Gasteiger partial charge is 0.319 e. The SMILES string of the molecule is Cc1cc(Sc2ncccn2)ccc1NC(=O)NC[C@H]1CCOC1. The van der Waals surface area contributed by atoms with Crippen molar-refractivity contribution >= 4 is 23.5 Å². The molecule has 24 heavy (non-hydrogen) atoms. The van der Waals surface area contributed by atoms with Crippen LogP contribution in [0.15, 0.2) is 46.7 Å². The molecule has 0 unspecified atom stereocenters. The summed E-state index contributed by atoms with van der Waals surface area (Å²) in [7, 11) is 0. The first-order valence-electron chi connectivity index (χ1n) is 7.89. The van der Waals surface area contributed by atoms with Crippen LogP contribution in [-0.2, 0) is 4.74 Å². The number of ether oxygens (including phenoxy) is 1. The van der Waals surface area contributed by atoms with Crippen molar-refractivity contribution in [3.05, 3.63) is 42.2 Å². The number of anilines is 1. The highest BCUT2D eigenvalue weighted by molar-refractivity contribution is 7.99. The zero-order chi connectivity index (χ0) is 16.8. The molecule has 0 radical (unpaired) electrons. The van der Waals surface area contributed by atoms with Gasteiger partial charge < -0.3 is 15.4 Å². The molecule has 7 heteroatoms. The summed E-state index contributed by atoms with van der Waals surface area (Å²) in [4.78, 5) is 21.4. The van der Waals surface area contributed by atoms with E-state index < -0.39 is 0 Å². The zero-order valence-electron chi connectivity index (χ0n) is 13.5. The molecule has 1 fully saturated rings. The lowest BCUT2D eigenvalue weighted by Crippen LogP contribution is -2.33. The molecule has 2 aromatic rings. The summed E-state index contributed by atoms with van der Waals surface area (Å²) in [6.07, 6.45) is 4.45. The molecule has 2 heterocycles. The second-order valence-corrected chi connectivity index (χ2v) is 6.72. The Morgan fingerprint density at radius 2 is 2.21 bits per heavy atom. The van der Waals surface area contributed by atoms with Crippen LogP contribution in [0.5, 0.6) is 0 Å². The summed E-state index contributed by atoms with van der Waals surface area (Å²) >= 11 is 1.49. The zero-order valence-corrected chi connectivity index (χ0v) is 14.3. The minimum absolute atomic E-state index is 0.184. The van der Waals surface area contributed by atoms with Crippen LogP contribution in [0.3, 0.4) is 0 Å². The van der Waals surface area contributed by atoms with E-state index in [1.165, 1.54) is 11.8 Å². The second-order valence-electron chi connectivity index (χ2n) is 5.67. The highest BCUT2D eigenvalue weighted by atomic mass is 32.2. The van der Waals surface area contributed by atoms with E-state index in [-0.39, 0.29) is 6.03 Å². The van der Waals surface area contributed by atoms with Gasteiger partial charge in [0.15, 0.2) is 5.16 Å². The van der Waals surface area contributed by atoms with Gasteiger partial charge in [-0.1, -0.05) is 0 Å². The number of hydrogen-bond donors (Lipinski definition) is 2. The van der Waals surface area contributed by atoms with Gasteiger partial charge in [-0.25, -0.2) is 14.8 Å². The molecule has 1 aromatic heterocycles. The van der Waals surface area contributed by atoms with Crippen LogP contribution in [0, 0.1) is 12.8 Å². The van der Waals surface area contributed by atoms with E-state index in [2.05, 4.69) is 20.6 Å². The normalized spacial score (nSPS) is 16.8. The molecule has 1 atom stereocenters. The number of aromatic nitrogens is 2. The molecule has 1 aliphatic rings. The second kappa shape index (κ2) is 8.12. The van der Waals surface area contributed by atoms with E-state index >= 15 is 0 Å². The maximum absolute atomic E-state index is 12.0. The van der Waals surface area contributed by atoms with Crippen LogP contribution in [0.1, 0.15) is 12.0 Å². The van der Waals surface area contributed by atoms with Gasteiger partial charge in [-0.15, -0.1) is 0 Å². The fourth-order valence-corrected chi connectivity index (χ4v) is 3.24. The summed E-state index contributed by atoms with van der Waals surface area (Å²) in [5, 5.41) is 6.50. The van der Waals surface area contributed by atoms with Gasteiger partial charge in [-0.2, -0.15) is 0 Å². The molecule has 1 aromatic carbocycles. The number of aryl methyl sites for hydroxylation is 1.